The van der Waals surface area contributed by atoms with Crippen molar-refractivity contribution < 1.29 is 51.6 Å². The van der Waals surface area contributed by atoms with Crippen LogP contribution in [-0.4, -0.2) is 159 Å². The molecule has 10 rings (SSSR count). The molecule has 6 aliphatic rings. The van der Waals surface area contributed by atoms with Crippen molar-refractivity contribution in [2.75, 3.05) is 91.0 Å². The number of methoxy groups -OCH3 is 1. The normalized spacial score (nSPS) is 26.7. The largest absolute Gasteiger partial charge is 0.464 e. The first-order valence-electron chi connectivity index (χ1n) is 26.5. The average Bonchev–Trinajstić information content (AvgIpc) is 3.64. The molecule has 17 nitrogen and oxygen atoms in total. The van der Waals surface area contributed by atoms with Crippen molar-refractivity contribution in [2.24, 2.45) is 23.2 Å². The van der Waals surface area contributed by atoms with Gasteiger partial charge in [-0.15, -0.1) is 11.3 Å². The summed E-state index contributed by atoms with van der Waals surface area (Å²) in [4.78, 5) is 58.0. The van der Waals surface area contributed by atoms with Crippen molar-refractivity contribution in [1.29, 1.82) is 0 Å². The highest BCUT2D eigenvalue weighted by Gasteiger charge is 2.50. The summed E-state index contributed by atoms with van der Waals surface area (Å²) < 4.78 is 66.6. The molecule has 5 fully saturated rings. The van der Waals surface area contributed by atoms with E-state index >= 15 is 0 Å². The molecule has 402 valence electrons. The highest BCUT2D eigenvalue weighted by atomic mass is 32.1. The molecular formula is C54H72F2N8O9S. The molecule has 8 heterocycles. The van der Waals surface area contributed by atoms with Gasteiger partial charge in [0.25, 0.3) is 12.3 Å². The number of hydrazine groups is 1. The fourth-order valence-corrected chi connectivity index (χ4v) is 12.3. The number of carbonyl (C=O) groups is 3. The third-order valence-electron chi connectivity index (χ3n) is 16.2. The quantitative estimate of drug-likeness (QED) is 0.130. The maximum Gasteiger partial charge on any atom is 0.324 e. The lowest BCUT2D eigenvalue weighted by atomic mass is 9.84. The number of halogens is 2. The van der Waals surface area contributed by atoms with E-state index in [1.54, 1.807) is 7.11 Å². The zero-order valence-electron chi connectivity index (χ0n) is 43.5. The molecule has 3 aromatic heterocycles. The van der Waals surface area contributed by atoms with E-state index in [9.17, 15) is 23.2 Å². The van der Waals surface area contributed by atoms with Gasteiger partial charge < -0.3 is 43.2 Å². The van der Waals surface area contributed by atoms with Crippen LogP contribution >= 0.6 is 11.3 Å². The molecular weight excluding hydrogens is 975 g/mol. The monoisotopic (exact) mass is 1050 g/mol. The van der Waals surface area contributed by atoms with Crippen LogP contribution in [0.2, 0.25) is 0 Å². The molecule has 1 unspecified atom stereocenters. The number of nitrogens with one attached hydrogen (secondary N) is 2. The topological polar surface area (TPSA) is 171 Å². The predicted molar refractivity (Wildman–Crippen MR) is 275 cm³/mol. The first kappa shape index (κ1) is 52.8. The van der Waals surface area contributed by atoms with Crippen LogP contribution in [0.1, 0.15) is 88.8 Å². The SMILES string of the molecule is CO[C@@H](C)c1ncc(N2CCN(C3COC3)CC2)cc1-c1c2c3cc(ccc3n1CCOC1CCOCC1)-c1csc(n1)[C@@H](OCC(F)F)[C@H](NC(=O)C1[C@@H](C)[C@H]1C)C(=O)N1CCC[C@H](N1)C(=O)OCC(C)(C)C2. The summed E-state index contributed by atoms with van der Waals surface area (Å²) in [6.45, 7) is 16.7. The number of alkyl halides is 2. The lowest BCUT2D eigenvalue weighted by molar-refractivity contribution is -0.157. The predicted octanol–water partition coefficient (Wildman–Crippen LogP) is 6.58. The van der Waals surface area contributed by atoms with Crippen LogP contribution in [0.4, 0.5) is 14.5 Å². The molecule has 0 radical (unpaired) electrons. The Kier molecular flexibility index (Phi) is 16.0. The molecule has 7 atom stereocenters. The Labute approximate surface area is 435 Å². The van der Waals surface area contributed by atoms with Gasteiger partial charge in [0.1, 0.15) is 29.8 Å². The maximum atomic E-state index is 14.7. The van der Waals surface area contributed by atoms with E-state index in [2.05, 4.69) is 57.2 Å². The summed E-state index contributed by atoms with van der Waals surface area (Å²) in [6.07, 6.45) is 0.381. The zero-order chi connectivity index (χ0) is 51.8. The second-order valence-corrected chi connectivity index (χ2v) is 22.7. The number of aromatic nitrogens is 3. The lowest BCUT2D eigenvalue weighted by Gasteiger charge is -2.43. The van der Waals surface area contributed by atoms with Gasteiger partial charge in [0.05, 0.1) is 73.6 Å². The zero-order valence-corrected chi connectivity index (χ0v) is 44.3. The Morgan fingerprint density at radius 2 is 1.78 bits per heavy atom. The Morgan fingerprint density at radius 1 is 1.01 bits per heavy atom. The molecule has 74 heavy (non-hydrogen) atoms. The van der Waals surface area contributed by atoms with Gasteiger partial charge in [-0.25, -0.2) is 19.2 Å². The molecule has 0 spiro atoms. The minimum absolute atomic E-state index is 0.0575. The highest BCUT2D eigenvalue weighted by molar-refractivity contribution is 7.10. The molecule has 1 aromatic carbocycles. The number of fused-ring (bicyclic) bond motifs is 6. The minimum Gasteiger partial charge on any atom is -0.464 e. The van der Waals surface area contributed by atoms with E-state index in [1.807, 2.05) is 38.4 Å². The number of piperazine rings is 1. The van der Waals surface area contributed by atoms with Gasteiger partial charge in [0, 0.05) is 98.3 Å². The number of carbonyl (C=O) groups excluding carboxylic acids is 3. The third-order valence-corrected chi connectivity index (χ3v) is 17.1. The number of hydrogen-bond acceptors (Lipinski definition) is 15. The lowest BCUT2D eigenvalue weighted by Crippen LogP contribution is -2.61. The van der Waals surface area contributed by atoms with Gasteiger partial charge in [-0.05, 0) is 74.6 Å². The van der Waals surface area contributed by atoms with Crippen LogP contribution < -0.4 is 15.6 Å². The van der Waals surface area contributed by atoms with Crippen LogP contribution in [0.5, 0.6) is 0 Å². The van der Waals surface area contributed by atoms with E-state index in [-0.39, 0.29) is 54.0 Å². The van der Waals surface area contributed by atoms with Crippen molar-refractivity contribution in [2.45, 2.75) is 116 Å². The fourth-order valence-electron chi connectivity index (χ4n) is 11.4. The first-order valence-corrected chi connectivity index (χ1v) is 27.4. The van der Waals surface area contributed by atoms with Gasteiger partial charge in [-0.3, -0.25) is 29.3 Å². The number of rotatable bonds is 14. The van der Waals surface area contributed by atoms with Crippen LogP contribution in [0, 0.1) is 23.2 Å². The number of benzene rings is 1. The summed E-state index contributed by atoms with van der Waals surface area (Å²) in [5, 5.41) is 7.24. The Bertz CT molecular complexity index is 2640. The molecule has 5 aliphatic heterocycles. The number of anilines is 1. The summed E-state index contributed by atoms with van der Waals surface area (Å²) in [7, 11) is 1.69. The molecule has 6 bridgehead atoms. The molecule has 20 heteroatoms. The van der Waals surface area contributed by atoms with E-state index < -0.39 is 48.5 Å². The number of pyridine rings is 1. The Morgan fingerprint density at radius 3 is 2.49 bits per heavy atom. The summed E-state index contributed by atoms with van der Waals surface area (Å²) in [6, 6.07) is 6.59. The van der Waals surface area contributed by atoms with Gasteiger partial charge >= 0.3 is 5.97 Å². The smallest absolute Gasteiger partial charge is 0.324 e. The van der Waals surface area contributed by atoms with Crippen molar-refractivity contribution in [3.63, 3.8) is 0 Å². The number of esters is 1. The Hall–Kier alpha value is -4.67. The van der Waals surface area contributed by atoms with Crippen molar-refractivity contribution in [3.05, 3.63) is 52.1 Å². The highest BCUT2D eigenvalue weighted by Crippen LogP contribution is 2.46. The van der Waals surface area contributed by atoms with Crippen LogP contribution in [0.25, 0.3) is 33.4 Å². The summed E-state index contributed by atoms with van der Waals surface area (Å²) in [5.74, 6) is -1.73. The van der Waals surface area contributed by atoms with Gasteiger partial charge in [0.2, 0.25) is 5.91 Å². The average molecular weight is 1050 g/mol. The first-order chi connectivity index (χ1) is 35.7. The summed E-state index contributed by atoms with van der Waals surface area (Å²) >= 11 is 1.18. The molecule has 1 aliphatic carbocycles. The number of ether oxygens (including phenoxy) is 6. The van der Waals surface area contributed by atoms with Gasteiger partial charge in [-0.1, -0.05) is 33.8 Å². The molecule has 2 N–H and O–H groups in total. The van der Waals surface area contributed by atoms with Crippen molar-refractivity contribution in [1.82, 2.24) is 35.2 Å². The van der Waals surface area contributed by atoms with Crippen LogP contribution in [0.3, 0.4) is 0 Å². The van der Waals surface area contributed by atoms with E-state index in [4.69, 9.17) is 38.4 Å². The van der Waals surface area contributed by atoms with Gasteiger partial charge in [0.15, 0.2) is 0 Å². The molecule has 4 aromatic rings. The standard InChI is InChI=1S/C54H72F2N8O9S/c1-31-32(2)45(31)50(65)59-47-49(72-28-44(55)56)51-58-42(29-74-51)34-9-10-43-38(22-34)40(24-54(4,5)30-73-53(67)41-8-7-13-64(60-41)52(47)66)48(63(43)18-21-71-37-11-19-69-20-12-37)39-23-35(25-57-46(39)33(3)68-6)61-14-16-62(17-15-61)36-26-70-27-36/h9-10,22-23,25,29,31-33,36-37,41,44-45,47,49,60H,7-8,11-21,24,26-28,30H2,1-6H3,(H,59,65)/t31-,32+,33-,41-,45?,47-,49-/m0/s1. The van der Waals surface area contributed by atoms with Gasteiger partial charge in [-0.2, -0.15) is 0 Å². The minimum atomic E-state index is -2.86. The molecule has 2 amide bonds. The second-order valence-electron chi connectivity index (χ2n) is 21.8. The van der Waals surface area contributed by atoms with Crippen LogP contribution in [0.15, 0.2) is 35.8 Å². The van der Waals surface area contributed by atoms with Crippen molar-refractivity contribution >= 4 is 45.7 Å². The molecule has 4 saturated heterocycles. The summed E-state index contributed by atoms with van der Waals surface area (Å²) in [5.41, 5.74) is 9.41. The van der Waals surface area contributed by atoms with E-state index in [0.717, 1.165) is 96.9 Å². The maximum absolute atomic E-state index is 14.7. The third kappa shape index (κ3) is 11.2. The fraction of sp³-hybridized carbons (Fsp3) is 0.648. The van der Waals surface area contributed by atoms with Crippen molar-refractivity contribution in [3.8, 4) is 22.5 Å². The van der Waals surface area contributed by atoms with E-state index in [1.165, 1.54) is 16.3 Å². The van der Waals surface area contributed by atoms with Crippen LogP contribution in [-0.2, 0) is 55.8 Å². The number of hydrogen-bond donors (Lipinski definition) is 2. The number of cyclic esters (lactones) is 1. The molecule has 1 saturated carbocycles. The number of thiazole rings is 1. The van der Waals surface area contributed by atoms with E-state index in [0.29, 0.717) is 57.4 Å². The number of nitrogens with zero attached hydrogens (tertiary/aromatic N) is 6. The second kappa shape index (κ2) is 22.5. The number of amides is 2. The Balaban J connectivity index is 1.12.